The number of methoxy groups -OCH3 is 1. The fraction of sp³-hybridized carbons (Fsp3) is 0.286. The molecule has 0 aliphatic carbocycles. The maximum Gasteiger partial charge on any atom is 0.228 e. The molecule has 0 fully saturated rings. The Morgan fingerprint density at radius 2 is 1.89 bits per heavy atom. The van der Waals surface area contributed by atoms with Crippen molar-refractivity contribution in [2.75, 3.05) is 19.1 Å². The van der Waals surface area contributed by atoms with Crippen LogP contribution < -0.4 is 9.64 Å². The Labute approximate surface area is 118 Å². The fourth-order valence-electron chi connectivity index (χ4n) is 1.75. The standard InChI is InChI=1S/C14H16ClN3O/c1-10(11-4-6-12(15)7-5-11)18(2)14-16-9-8-13(17-14)19-3/h4-10H,1-3H3/t10-/m1/s1. The zero-order chi connectivity index (χ0) is 13.8. The summed E-state index contributed by atoms with van der Waals surface area (Å²) in [6.07, 6.45) is 1.69. The van der Waals surface area contributed by atoms with E-state index < -0.39 is 0 Å². The molecule has 100 valence electrons. The van der Waals surface area contributed by atoms with Crippen LogP contribution in [0, 0.1) is 0 Å². The van der Waals surface area contributed by atoms with Crippen molar-refractivity contribution in [1.29, 1.82) is 0 Å². The van der Waals surface area contributed by atoms with E-state index >= 15 is 0 Å². The number of ether oxygens (including phenoxy) is 1. The number of hydrogen-bond donors (Lipinski definition) is 0. The highest BCUT2D eigenvalue weighted by molar-refractivity contribution is 6.30. The van der Waals surface area contributed by atoms with E-state index in [2.05, 4.69) is 16.9 Å². The maximum atomic E-state index is 5.90. The minimum atomic E-state index is 0.143. The van der Waals surface area contributed by atoms with Crippen LogP contribution in [0.3, 0.4) is 0 Å². The molecule has 1 aromatic heterocycles. The van der Waals surface area contributed by atoms with Crippen molar-refractivity contribution in [2.24, 2.45) is 0 Å². The van der Waals surface area contributed by atoms with Crippen LogP contribution in [-0.2, 0) is 0 Å². The van der Waals surface area contributed by atoms with Crippen LogP contribution in [0.2, 0.25) is 5.02 Å². The highest BCUT2D eigenvalue weighted by atomic mass is 35.5. The second kappa shape index (κ2) is 5.89. The van der Waals surface area contributed by atoms with Crippen molar-refractivity contribution < 1.29 is 4.74 Å². The molecule has 0 saturated carbocycles. The molecule has 0 aliphatic rings. The molecule has 1 aromatic carbocycles. The van der Waals surface area contributed by atoms with Gasteiger partial charge in [-0.05, 0) is 24.6 Å². The lowest BCUT2D eigenvalue weighted by Gasteiger charge is -2.25. The first kappa shape index (κ1) is 13.6. The summed E-state index contributed by atoms with van der Waals surface area (Å²) in [6, 6.07) is 9.64. The third-order valence-corrected chi connectivity index (χ3v) is 3.33. The molecule has 5 heteroatoms. The fourth-order valence-corrected chi connectivity index (χ4v) is 1.88. The molecule has 0 aliphatic heterocycles. The Morgan fingerprint density at radius 3 is 2.53 bits per heavy atom. The van der Waals surface area contributed by atoms with Gasteiger partial charge < -0.3 is 9.64 Å². The number of nitrogens with zero attached hydrogens (tertiary/aromatic N) is 3. The second-order valence-electron chi connectivity index (χ2n) is 4.24. The zero-order valence-electron chi connectivity index (χ0n) is 11.2. The Kier molecular flexibility index (Phi) is 4.22. The Bertz CT molecular complexity index is 545. The van der Waals surface area contributed by atoms with Crippen LogP contribution >= 0.6 is 11.6 Å². The van der Waals surface area contributed by atoms with Crippen molar-refractivity contribution in [3.63, 3.8) is 0 Å². The van der Waals surface area contributed by atoms with Crippen molar-refractivity contribution in [2.45, 2.75) is 13.0 Å². The van der Waals surface area contributed by atoms with E-state index in [-0.39, 0.29) is 6.04 Å². The van der Waals surface area contributed by atoms with Gasteiger partial charge in [-0.1, -0.05) is 23.7 Å². The Balaban J connectivity index is 2.22. The highest BCUT2D eigenvalue weighted by Crippen LogP contribution is 2.24. The molecule has 2 aromatic rings. The average Bonchev–Trinajstić information content (AvgIpc) is 2.46. The normalized spacial score (nSPS) is 12.0. The minimum Gasteiger partial charge on any atom is -0.481 e. The number of anilines is 1. The molecule has 19 heavy (non-hydrogen) atoms. The molecular formula is C14H16ClN3O. The second-order valence-corrected chi connectivity index (χ2v) is 4.67. The monoisotopic (exact) mass is 277 g/mol. The van der Waals surface area contributed by atoms with Gasteiger partial charge in [0.2, 0.25) is 11.8 Å². The van der Waals surface area contributed by atoms with Crippen LogP contribution in [0.1, 0.15) is 18.5 Å². The highest BCUT2D eigenvalue weighted by Gasteiger charge is 2.15. The minimum absolute atomic E-state index is 0.143. The van der Waals surface area contributed by atoms with Crippen molar-refractivity contribution in [3.05, 3.63) is 47.1 Å². The molecule has 0 spiro atoms. The quantitative estimate of drug-likeness (QED) is 0.859. The number of halogens is 1. The maximum absolute atomic E-state index is 5.90. The molecule has 0 bridgehead atoms. The number of aromatic nitrogens is 2. The summed E-state index contributed by atoms with van der Waals surface area (Å²) >= 11 is 5.90. The molecule has 0 amide bonds. The van der Waals surface area contributed by atoms with E-state index in [9.17, 15) is 0 Å². The third kappa shape index (κ3) is 3.15. The van der Waals surface area contributed by atoms with E-state index in [1.165, 1.54) is 0 Å². The summed E-state index contributed by atoms with van der Waals surface area (Å²) in [5.74, 6) is 1.18. The Morgan fingerprint density at radius 1 is 1.21 bits per heavy atom. The number of hydrogen-bond acceptors (Lipinski definition) is 4. The van der Waals surface area contributed by atoms with Gasteiger partial charge in [-0.2, -0.15) is 4.98 Å². The van der Waals surface area contributed by atoms with Gasteiger partial charge in [-0.15, -0.1) is 0 Å². The molecule has 1 atom stereocenters. The van der Waals surface area contributed by atoms with Crippen LogP contribution in [0.15, 0.2) is 36.5 Å². The molecule has 0 radical (unpaired) electrons. The molecule has 0 saturated heterocycles. The van der Waals surface area contributed by atoms with Crippen molar-refractivity contribution in [1.82, 2.24) is 9.97 Å². The number of benzene rings is 1. The smallest absolute Gasteiger partial charge is 0.228 e. The molecule has 1 heterocycles. The summed E-state index contributed by atoms with van der Waals surface area (Å²) in [5.41, 5.74) is 1.15. The first-order valence-electron chi connectivity index (χ1n) is 5.97. The molecule has 0 N–H and O–H groups in total. The van der Waals surface area contributed by atoms with E-state index in [0.29, 0.717) is 11.8 Å². The summed E-state index contributed by atoms with van der Waals surface area (Å²) in [7, 11) is 3.54. The largest absolute Gasteiger partial charge is 0.481 e. The predicted molar refractivity (Wildman–Crippen MR) is 76.9 cm³/mol. The van der Waals surface area contributed by atoms with Gasteiger partial charge in [0.15, 0.2) is 0 Å². The molecular weight excluding hydrogens is 262 g/mol. The summed E-state index contributed by atoms with van der Waals surface area (Å²) in [4.78, 5) is 10.6. The van der Waals surface area contributed by atoms with Gasteiger partial charge in [-0.3, -0.25) is 0 Å². The van der Waals surface area contributed by atoms with E-state index in [4.69, 9.17) is 16.3 Å². The molecule has 4 nitrogen and oxygen atoms in total. The zero-order valence-corrected chi connectivity index (χ0v) is 11.9. The first-order valence-corrected chi connectivity index (χ1v) is 6.35. The van der Waals surface area contributed by atoms with Gasteiger partial charge in [0.05, 0.1) is 13.2 Å². The van der Waals surface area contributed by atoms with Gasteiger partial charge in [-0.25, -0.2) is 4.98 Å². The van der Waals surface area contributed by atoms with Gasteiger partial charge in [0.25, 0.3) is 0 Å². The van der Waals surface area contributed by atoms with E-state index in [1.807, 2.05) is 36.2 Å². The average molecular weight is 278 g/mol. The first-order chi connectivity index (χ1) is 9.11. The Hall–Kier alpha value is -1.81. The van der Waals surface area contributed by atoms with Crippen LogP contribution in [0.5, 0.6) is 5.88 Å². The summed E-state index contributed by atoms with van der Waals surface area (Å²) in [6.45, 7) is 2.09. The summed E-state index contributed by atoms with van der Waals surface area (Å²) < 4.78 is 5.11. The lowest BCUT2D eigenvalue weighted by molar-refractivity contribution is 0.396. The molecule has 0 unspecified atom stereocenters. The van der Waals surface area contributed by atoms with Crippen molar-refractivity contribution >= 4 is 17.5 Å². The third-order valence-electron chi connectivity index (χ3n) is 3.08. The van der Waals surface area contributed by atoms with Gasteiger partial charge in [0, 0.05) is 24.3 Å². The van der Waals surface area contributed by atoms with Crippen LogP contribution in [-0.4, -0.2) is 24.1 Å². The van der Waals surface area contributed by atoms with Crippen LogP contribution in [0.4, 0.5) is 5.95 Å². The topological polar surface area (TPSA) is 38.2 Å². The lowest BCUT2D eigenvalue weighted by Crippen LogP contribution is -2.23. The summed E-state index contributed by atoms with van der Waals surface area (Å²) in [5, 5.41) is 0.733. The number of rotatable bonds is 4. The predicted octanol–water partition coefficient (Wildman–Crippen LogP) is 3.34. The van der Waals surface area contributed by atoms with E-state index in [0.717, 1.165) is 10.6 Å². The van der Waals surface area contributed by atoms with Gasteiger partial charge >= 0.3 is 0 Å². The van der Waals surface area contributed by atoms with Gasteiger partial charge in [0.1, 0.15) is 0 Å². The SMILES string of the molecule is COc1ccnc(N(C)[C@H](C)c2ccc(Cl)cc2)n1. The van der Waals surface area contributed by atoms with E-state index in [1.54, 1.807) is 19.4 Å². The van der Waals surface area contributed by atoms with Crippen LogP contribution in [0.25, 0.3) is 0 Å². The molecule has 2 rings (SSSR count). The van der Waals surface area contributed by atoms with Crippen molar-refractivity contribution in [3.8, 4) is 5.88 Å². The lowest BCUT2D eigenvalue weighted by atomic mass is 10.1.